The zero-order valence-electron chi connectivity index (χ0n) is 26.0. The summed E-state index contributed by atoms with van der Waals surface area (Å²) < 4.78 is 0. The van der Waals surface area contributed by atoms with E-state index in [-0.39, 0.29) is 57.5 Å². The molecule has 19 nitrogen and oxygen atoms in total. The number of carboxylic acid groups (broad SMARTS) is 1. The Morgan fingerprint density at radius 1 is 0.783 bits per heavy atom. The number of hydrogen-bond acceptors (Lipinski definition) is 10. The van der Waals surface area contributed by atoms with E-state index in [0.29, 0.717) is 6.42 Å². The van der Waals surface area contributed by atoms with Crippen LogP contribution in [-0.2, 0) is 43.2 Å². The number of carboxylic acids is 1. The fraction of sp³-hybridized carbons (Fsp3) is 0.667. The van der Waals surface area contributed by atoms with E-state index >= 15 is 0 Å². The van der Waals surface area contributed by atoms with E-state index < -0.39 is 90.5 Å². The van der Waals surface area contributed by atoms with Gasteiger partial charge in [0, 0.05) is 19.4 Å². The van der Waals surface area contributed by atoms with Crippen molar-refractivity contribution in [1.82, 2.24) is 31.5 Å². The number of nitrogens with two attached hydrogens (primary N) is 3. The summed E-state index contributed by atoms with van der Waals surface area (Å²) in [4.78, 5) is 111. The van der Waals surface area contributed by atoms with Crippen molar-refractivity contribution >= 4 is 53.2 Å². The van der Waals surface area contributed by atoms with Crippen LogP contribution in [0.1, 0.15) is 58.8 Å². The fourth-order valence-electron chi connectivity index (χ4n) is 4.59. The molecule has 0 aromatic carbocycles. The zero-order chi connectivity index (χ0) is 35.0. The fourth-order valence-corrected chi connectivity index (χ4v) is 4.59. The van der Waals surface area contributed by atoms with Crippen LogP contribution in [0.3, 0.4) is 0 Å². The second-order valence-corrected chi connectivity index (χ2v) is 11.2. The first-order chi connectivity index (χ1) is 21.5. The molecule has 4 atom stereocenters. The molecule has 0 radical (unpaired) electrons. The minimum absolute atomic E-state index is 0.0178. The Morgan fingerprint density at radius 3 is 1.85 bits per heavy atom. The number of carbonyl (C=O) groups is 9. The van der Waals surface area contributed by atoms with Gasteiger partial charge >= 0.3 is 5.97 Å². The van der Waals surface area contributed by atoms with Crippen molar-refractivity contribution in [3.63, 3.8) is 0 Å². The lowest BCUT2D eigenvalue weighted by atomic mass is 10.0. The summed E-state index contributed by atoms with van der Waals surface area (Å²) in [7, 11) is 0. The molecule has 8 amide bonds. The van der Waals surface area contributed by atoms with Gasteiger partial charge in [0.2, 0.25) is 47.3 Å². The van der Waals surface area contributed by atoms with Crippen LogP contribution in [0.15, 0.2) is 0 Å². The highest BCUT2D eigenvalue weighted by Crippen LogP contribution is 2.20. The summed E-state index contributed by atoms with van der Waals surface area (Å²) in [6.45, 7) is 2.22. The summed E-state index contributed by atoms with van der Waals surface area (Å²) in [6.07, 6.45) is -0.378. The Morgan fingerprint density at radius 2 is 1.33 bits per heavy atom. The zero-order valence-corrected chi connectivity index (χ0v) is 26.0. The van der Waals surface area contributed by atoms with Gasteiger partial charge in [-0.2, -0.15) is 0 Å². The van der Waals surface area contributed by atoms with E-state index in [9.17, 15) is 48.3 Å². The smallest absolute Gasteiger partial charge is 0.326 e. The van der Waals surface area contributed by atoms with Crippen LogP contribution in [0.5, 0.6) is 0 Å². The van der Waals surface area contributed by atoms with E-state index in [1.165, 1.54) is 4.90 Å². The highest BCUT2D eigenvalue weighted by Gasteiger charge is 2.38. The summed E-state index contributed by atoms with van der Waals surface area (Å²) >= 11 is 0. The van der Waals surface area contributed by atoms with Gasteiger partial charge in [0.15, 0.2) is 0 Å². The van der Waals surface area contributed by atoms with Gasteiger partial charge in [0.1, 0.15) is 24.2 Å². The highest BCUT2D eigenvalue weighted by molar-refractivity contribution is 5.96. The minimum atomic E-state index is -1.38. The van der Waals surface area contributed by atoms with E-state index in [2.05, 4.69) is 26.6 Å². The molecule has 0 saturated carbocycles. The van der Waals surface area contributed by atoms with Crippen molar-refractivity contribution in [2.75, 3.05) is 26.2 Å². The molecule has 1 heterocycles. The number of amides is 8. The molecule has 0 unspecified atom stereocenters. The van der Waals surface area contributed by atoms with Crippen LogP contribution in [0.25, 0.3) is 0 Å². The van der Waals surface area contributed by atoms with Crippen LogP contribution >= 0.6 is 0 Å². The number of likely N-dealkylation sites (tertiary alicyclic amines) is 1. The first kappa shape index (κ1) is 39.2. The third-order valence-corrected chi connectivity index (χ3v) is 6.86. The van der Waals surface area contributed by atoms with Crippen LogP contribution in [0.4, 0.5) is 0 Å². The topological polar surface area (TPSA) is 315 Å². The molecule has 258 valence electrons. The van der Waals surface area contributed by atoms with Crippen molar-refractivity contribution in [2.45, 2.75) is 83.0 Å². The Labute approximate surface area is 265 Å². The standard InChI is InChI=1S/C27H45N9O10/c1-14(2)10-17(27(45)46)34-23(41)13-32-25(43)18-4-3-9-36(18)26(44)16(6-8-20(30)38)35-24(42)15(5-7-19(29)37)33-22(40)12-31-21(39)11-28/h14-18H,3-13,28H2,1-2H3,(H2,29,37)(H2,30,38)(H,31,39)(H,32,43)(H,33,40)(H,34,41)(H,35,42)(H,45,46)/t15-,16-,17-,18-/m0/s1. The van der Waals surface area contributed by atoms with Gasteiger partial charge in [-0.05, 0) is 38.0 Å². The maximum atomic E-state index is 13.6. The maximum absolute atomic E-state index is 13.6. The van der Waals surface area contributed by atoms with E-state index in [1.54, 1.807) is 13.8 Å². The lowest BCUT2D eigenvalue weighted by molar-refractivity contribution is -0.143. The Hall–Kier alpha value is -4.81. The van der Waals surface area contributed by atoms with E-state index in [0.717, 1.165) is 0 Å². The summed E-state index contributed by atoms with van der Waals surface area (Å²) in [5.74, 6) is -7.31. The molecule has 0 aromatic heterocycles. The van der Waals surface area contributed by atoms with Crippen molar-refractivity contribution < 1.29 is 48.3 Å². The SMILES string of the molecule is CC(C)C[C@H](NC(=O)CNC(=O)[C@@H]1CCCN1C(=O)[C@H](CCC(N)=O)NC(=O)[C@H](CCC(N)=O)NC(=O)CNC(=O)CN)C(=O)O. The second-order valence-electron chi connectivity index (χ2n) is 11.2. The minimum Gasteiger partial charge on any atom is -0.480 e. The number of nitrogens with one attached hydrogen (secondary N) is 5. The molecule has 0 aliphatic carbocycles. The summed E-state index contributed by atoms with van der Waals surface area (Å²) in [5, 5.41) is 21.1. The van der Waals surface area contributed by atoms with Crippen LogP contribution in [0.2, 0.25) is 0 Å². The predicted molar refractivity (Wildman–Crippen MR) is 160 cm³/mol. The average molecular weight is 656 g/mol. The molecule has 1 aliphatic rings. The molecule has 0 bridgehead atoms. The highest BCUT2D eigenvalue weighted by atomic mass is 16.4. The van der Waals surface area contributed by atoms with Gasteiger partial charge in [0.25, 0.3) is 0 Å². The molecular weight excluding hydrogens is 610 g/mol. The second kappa shape index (κ2) is 19.6. The first-order valence-electron chi connectivity index (χ1n) is 14.8. The molecule has 46 heavy (non-hydrogen) atoms. The van der Waals surface area contributed by atoms with Gasteiger partial charge < -0.3 is 53.8 Å². The molecule has 19 heteroatoms. The van der Waals surface area contributed by atoms with Crippen molar-refractivity contribution in [1.29, 1.82) is 0 Å². The monoisotopic (exact) mass is 655 g/mol. The van der Waals surface area contributed by atoms with Crippen molar-refractivity contribution in [2.24, 2.45) is 23.1 Å². The molecule has 1 fully saturated rings. The van der Waals surface area contributed by atoms with Crippen molar-refractivity contribution in [3.8, 4) is 0 Å². The van der Waals surface area contributed by atoms with Gasteiger partial charge in [-0.3, -0.25) is 38.4 Å². The molecule has 1 aliphatic heterocycles. The van der Waals surface area contributed by atoms with Gasteiger partial charge in [-0.15, -0.1) is 0 Å². The van der Waals surface area contributed by atoms with Gasteiger partial charge in [0.05, 0.1) is 19.6 Å². The van der Waals surface area contributed by atoms with Crippen molar-refractivity contribution in [3.05, 3.63) is 0 Å². The Kier molecular flexibility index (Phi) is 16.7. The summed E-state index contributed by atoms with van der Waals surface area (Å²) in [6, 6.07) is -4.95. The van der Waals surface area contributed by atoms with Gasteiger partial charge in [-0.1, -0.05) is 13.8 Å². The van der Waals surface area contributed by atoms with Crippen LogP contribution < -0.4 is 43.8 Å². The molecular formula is C27H45N9O10. The summed E-state index contributed by atoms with van der Waals surface area (Å²) in [5.41, 5.74) is 15.6. The third kappa shape index (κ3) is 14.3. The average Bonchev–Trinajstić information content (AvgIpc) is 3.47. The normalized spacial score (nSPS) is 16.0. The Bertz CT molecular complexity index is 1160. The molecule has 1 rings (SSSR count). The predicted octanol–water partition coefficient (Wildman–Crippen LogP) is -4.72. The number of hydrogen-bond donors (Lipinski definition) is 9. The van der Waals surface area contributed by atoms with Crippen LogP contribution in [0, 0.1) is 5.92 Å². The number of primary amides is 2. The maximum Gasteiger partial charge on any atom is 0.326 e. The van der Waals surface area contributed by atoms with Gasteiger partial charge in [-0.25, -0.2) is 4.79 Å². The number of rotatable bonds is 20. The molecule has 1 saturated heterocycles. The number of carbonyl (C=O) groups excluding carboxylic acids is 8. The van der Waals surface area contributed by atoms with E-state index in [4.69, 9.17) is 17.2 Å². The number of nitrogens with zero attached hydrogens (tertiary/aromatic N) is 1. The van der Waals surface area contributed by atoms with Crippen LogP contribution in [-0.4, -0.2) is 114 Å². The largest absolute Gasteiger partial charge is 0.480 e. The Balaban J connectivity index is 3.02. The van der Waals surface area contributed by atoms with E-state index in [1.807, 2.05) is 0 Å². The lowest BCUT2D eigenvalue weighted by Crippen LogP contribution is -2.57. The number of aliphatic carboxylic acids is 1. The molecule has 0 spiro atoms. The first-order valence-corrected chi connectivity index (χ1v) is 14.8. The lowest BCUT2D eigenvalue weighted by Gasteiger charge is -2.29. The third-order valence-electron chi connectivity index (χ3n) is 6.86. The molecule has 0 aromatic rings. The molecule has 12 N–H and O–H groups in total. The quantitative estimate of drug-likeness (QED) is 0.0600.